The van der Waals surface area contributed by atoms with Crippen molar-refractivity contribution in [2.24, 2.45) is 0 Å². The number of nitrogens with one attached hydrogen (secondary N) is 2. The molecule has 0 bridgehead atoms. The summed E-state index contributed by atoms with van der Waals surface area (Å²) in [6.07, 6.45) is 0. The Labute approximate surface area is 207 Å². The smallest absolute Gasteiger partial charge is 0.263 e. The second-order valence-electron chi connectivity index (χ2n) is 7.54. The Balaban J connectivity index is 1.49. The lowest BCUT2D eigenvalue weighted by Gasteiger charge is -2.14. The van der Waals surface area contributed by atoms with Crippen molar-refractivity contribution >= 4 is 50.0 Å². The number of aromatic nitrogens is 2. The average molecular weight is 503 g/mol. The number of benzene rings is 4. The quantitative estimate of drug-likeness (QED) is 0.260. The van der Waals surface area contributed by atoms with Gasteiger partial charge in [0.05, 0.1) is 15.9 Å². The summed E-state index contributed by atoms with van der Waals surface area (Å²) in [5, 5.41) is 3.61. The molecule has 7 nitrogen and oxygen atoms in total. The number of fused-ring (bicyclic) bond motifs is 1. The maximum absolute atomic E-state index is 13.0. The zero-order chi connectivity index (χ0) is 24.3. The van der Waals surface area contributed by atoms with Gasteiger partial charge in [-0.1, -0.05) is 48.0 Å². The molecule has 0 saturated heterocycles. The molecule has 1 heterocycles. The van der Waals surface area contributed by atoms with Gasteiger partial charge in [0.2, 0.25) is 0 Å². The molecule has 0 unspecified atom stereocenters. The molecule has 2 N–H and O–H groups in total. The van der Waals surface area contributed by atoms with Gasteiger partial charge in [0.15, 0.2) is 11.6 Å². The standard InChI is InChI=1S/C26H19ClN4O3S/c27-18-13-15-22(16-14-18)35(32,33)31-26-25(29-23-11-4-5-12-24(23)30-26)28-19-7-6-10-21(17-19)34-20-8-2-1-3-9-20/h1-17H,(H,28,29)(H,30,31). The number of hydrogen-bond acceptors (Lipinski definition) is 6. The first-order chi connectivity index (χ1) is 17.0. The summed E-state index contributed by atoms with van der Waals surface area (Å²) in [6.45, 7) is 0. The lowest BCUT2D eigenvalue weighted by Crippen LogP contribution is -2.16. The molecule has 35 heavy (non-hydrogen) atoms. The van der Waals surface area contributed by atoms with E-state index in [0.717, 1.165) is 0 Å². The van der Waals surface area contributed by atoms with Crippen LogP contribution in [0.2, 0.25) is 5.02 Å². The van der Waals surface area contributed by atoms with E-state index in [2.05, 4.69) is 20.0 Å². The summed E-state index contributed by atoms with van der Waals surface area (Å²) in [4.78, 5) is 9.19. The zero-order valence-electron chi connectivity index (χ0n) is 18.2. The van der Waals surface area contributed by atoms with E-state index < -0.39 is 10.0 Å². The highest BCUT2D eigenvalue weighted by Gasteiger charge is 2.19. The van der Waals surface area contributed by atoms with Gasteiger partial charge < -0.3 is 10.1 Å². The molecule has 5 aromatic rings. The number of ether oxygens (including phenoxy) is 1. The number of anilines is 3. The topological polar surface area (TPSA) is 93.2 Å². The molecule has 0 atom stereocenters. The molecule has 0 aliphatic heterocycles. The molecule has 1 aromatic heterocycles. The van der Waals surface area contributed by atoms with Crippen molar-refractivity contribution in [2.45, 2.75) is 4.90 Å². The Kier molecular flexibility index (Phi) is 6.22. The Morgan fingerprint density at radius 2 is 1.31 bits per heavy atom. The van der Waals surface area contributed by atoms with Crippen molar-refractivity contribution in [3.63, 3.8) is 0 Å². The van der Waals surface area contributed by atoms with Crippen molar-refractivity contribution in [3.05, 3.63) is 108 Å². The normalized spacial score (nSPS) is 11.2. The summed E-state index contributed by atoms with van der Waals surface area (Å²) in [7, 11) is -3.94. The van der Waals surface area contributed by atoms with E-state index in [1.165, 1.54) is 24.3 Å². The molecular formula is C26H19ClN4O3S. The zero-order valence-corrected chi connectivity index (χ0v) is 19.8. The van der Waals surface area contributed by atoms with E-state index in [4.69, 9.17) is 16.3 Å². The molecule has 0 aliphatic rings. The van der Waals surface area contributed by atoms with Crippen LogP contribution in [0.5, 0.6) is 11.5 Å². The number of sulfonamides is 1. The fourth-order valence-corrected chi connectivity index (χ4v) is 4.49. The maximum Gasteiger partial charge on any atom is 0.263 e. The van der Waals surface area contributed by atoms with E-state index >= 15 is 0 Å². The second-order valence-corrected chi connectivity index (χ2v) is 9.66. The lowest BCUT2D eigenvalue weighted by molar-refractivity contribution is 0.483. The molecule has 0 spiro atoms. The van der Waals surface area contributed by atoms with E-state index in [0.29, 0.717) is 33.2 Å². The summed E-state index contributed by atoms with van der Waals surface area (Å²) < 4.78 is 34.5. The molecule has 174 valence electrons. The van der Waals surface area contributed by atoms with Crippen molar-refractivity contribution in [2.75, 3.05) is 10.0 Å². The Morgan fingerprint density at radius 1 is 0.686 bits per heavy atom. The van der Waals surface area contributed by atoms with E-state index in [9.17, 15) is 8.42 Å². The van der Waals surface area contributed by atoms with Crippen LogP contribution in [-0.4, -0.2) is 18.4 Å². The van der Waals surface area contributed by atoms with Gasteiger partial charge in [-0.2, -0.15) is 0 Å². The van der Waals surface area contributed by atoms with Crippen LogP contribution in [0.15, 0.2) is 108 Å². The molecule has 4 aromatic carbocycles. The number of nitrogens with zero attached hydrogens (tertiary/aromatic N) is 2. The van der Waals surface area contributed by atoms with Gasteiger partial charge in [-0.15, -0.1) is 0 Å². The molecule has 9 heteroatoms. The van der Waals surface area contributed by atoms with Crippen LogP contribution in [0.4, 0.5) is 17.3 Å². The lowest BCUT2D eigenvalue weighted by atomic mass is 10.3. The van der Waals surface area contributed by atoms with Crippen molar-refractivity contribution in [3.8, 4) is 11.5 Å². The third kappa shape index (κ3) is 5.34. The first kappa shape index (κ1) is 22.6. The third-order valence-corrected chi connectivity index (χ3v) is 6.61. The Hall–Kier alpha value is -4.14. The average Bonchev–Trinajstić information content (AvgIpc) is 2.85. The van der Waals surface area contributed by atoms with Crippen LogP contribution in [0.3, 0.4) is 0 Å². The highest BCUT2D eigenvalue weighted by molar-refractivity contribution is 7.92. The summed E-state index contributed by atoms with van der Waals surface area (Å²) in [5.41, 5.74) is 1.81. The highest BCUT2D eigenvalue weighted by Crippen LogP contribution is 2.30. The number of hydrogen-bond donors (Lipinski definition) is 2. The number of para-hydroxylation sites is 3. The van der Waals surface area contributed by atoms with Crippen LogP contribution in [-0.2, 0) is 10.0 Å². The minimum Gasteiger partial charge on any atom is -0.457 e. The molecule has 0 radical (unpaired) electrons. The van der Waals surface area contributed by atoms with E-state index in [1.54, 1.807) is 18.2 Å². The highest BCUT2D eigenvalue weighted by atomic mass is 35.5. The van der Waals surface area contributed by atoms with Crippen molar-refractivity contribution < 1.29 is 13.2 Å². The maximum atomic E-state index is 13.0. The number of rotatable bonds is 7. The summed E-state index contributed by atoms with van der Waals surface area (Å²) in [5.74, 6) is 1.62. The van der Waals surface area contributed by atoms with Gasteiger partial charge in [-0.05, 0) is 60.7 Å². The predicted octanol–water partition coefficient (Wildman–Crippen LogP) is 6.62. The minimum atomic E-state index is -3.94. The monoisotopic (exact) mass is 502 g/mol. The van der Waals surface area contributed by atoms with Gasteiger partial charge >= 0.3 is 0 Å². The van der Waals surface area contributed by atoms with Crippen molar-refractivity contribution in [1.29, 1.82) is 0 Å². The molecule has 0 saturated carbocycles. The largest absolute Gasteiger partial charge is 0.457 e. The summed E-state index contributed by atoms with van der Waals surface area (Å²) >= 11 is 5.91. The van der Waals surface area contributed by atoms with Crippen LogP contribution < -0.4 is 14.8 Å². The van der Waals surface area contributed by atoms with Crippen LogP contribution in [0, 0.1) is 0 Å². The van der Waals surface area contributed by atoms with Gasteiger partial charge in [0.25, 0.3) is 10.0 Å². The van der Waals surface area contributed by atoms with Gasteiger partial charge in [0.1, 0.15) is 11.5 Å². The van der Waals surface area contributed by atoms with Crippen LogP contribution in [0.1, 0.15) is 0 Å². The predicted molar refractivity (Wildman–Crippen MR) is 138 cm³/mol. The fourth-order valence-electron chi connectivity index (χ4n) is 3.36. The molecule has 5 rings (SSSR count). The Bertz CT molecular complexity index is 1590. The van der Waals surface area contributed by atoms with Gasteiger partial charge in [0, 0.05) is 16.8 Å². The van der Waals surface area contributed by atoms with E-state index in [1.807, 2.05) is 60.7 Å². The molecule has 0 aliphatic carbocycles. The first-order valence-electron chi connectivity index (χ1n) is 10.6. The molecule has 0 fully saturated rings. The molecule has 0 amide bonds. The van der Waals surface area contributed by atoms with Crippen LogP contribution >= 0.6 is 11.6 Å². The third-order valence-electron chi connectivity index (χ3n) is 5.00. The SMILES string of the molecule is O=S(=O)(Nc1nc2ccccc2nc1Nc1cccc(Oc2ccccc2)c1)c1ccc(Cl)cc1. The van der Waals surface area contributed by atoms with Crippen LogP contribution in [0.25, 0.3) is 11.0 Å². The minimum absolute atomic E-state index is 0.0565. The fraction of sp³-hybridized carbons (Fsp3) is 0. The molecular weight excluding hydrogens is 484 g/mol. The Morgan fingerprint density at radius 3 is 2.03 bits per heavy atom. The van der Waals surface area contributed by atoms with Crippen molar-refractivity contribution in [1.82, 2.24) is 9.97 Å². The summed E-state index contributed by atoms with van der Waals surface area (Å²) in [6, 6.07) is 29.8. The number of halogens is 1. The van der Waals surface area contributed by atoms with Gasteiger partial charge in [-0.3, -0.25) is 4.72 Å². The van der Waals surface area contributed by atoms with Gasteiger partial charge in [-0.25, -0.2) is 18.4 Å². The van der Waals surface area contributed by atoms with E-state index in [-0.39, 0.29) is 16.5 Å². The first-order valence-corrected chi connectivity index (χ1v) is 12.5. The second kappa shape index (κ2) is 9.61.